The van der Waals surface area contributed by atoms with E-state index in [0.717, 1.165) is 25.0 Å². The molecule has 1 saturated heterocycles. The SMILES string of the molecule is CC(C)(C1CCN(C(=O)C2(N)CCCC2)CC1)S(=O)(=O)c1cccc(C(F)(F)F)c1. The van der Waals surface area contributed by atoms with Crippen LogP contribution in [-0.4, -0.2) is 42.6 Å². The minimum atomic E-state index is -4.61. The molecule has 0 spiro atoms. The first-order valence-corrected chi connectivity index (χ1v) is 11.8. The van der Waals surface area contributed by atoms with Gasteiger partial charge in [-0.15, -0.1) is 0 Å². The monoisotopic (exact) mass is 446 g/mol. The molecule has 3 rings (SSSR count). The van der Waals surface area contributed by atoms with Crippen LogP contribution < -0.4 is 5.73 Å². The predicted molar refractivity (Wildman–Crippen MR) is 107 cm³/mol. The van der Waals surface area contributed by atoms with Gasteiger partial charge in [-0.2, -0.15) is 13.2 Å². The normalized spacial score (nSPS) is 21.1. The van der Waals surface area contributed by atoms with Gasteiger partial charge in [0.25, 0.3) is 0 Å². The maximum atomic E-state index is 13.2. The largest absolute Gasteiger partial charge is 0.416 e. The Kier molecular flexibility index (Phi) is 6.01. The van der Waals surface area contributed by atoms with Crippen LogP contribution in [0.3, 0.4) is 0 Å². The molecular formula is C21H29F3N2O3S. The summed E-state index contributed by atoms with van der Waals surface area (Å²) in [7, 11) is -4.01. The van der Waals surface area contributed by atoms with Crippen LogP contribution >= 0.6 is 0 Å². The lowest BCUT2D eigenvalue weighted by atomic mass is 9.85. The number of nitrogens with two attached hydrogens (primary N) is 1. The molecule has 1 aromatic carbocycles. The molecule has 2 aliphatic rings. The number of hydrogen-bond donors (Lipinski definition) is 1. The average molecular weight is 447 g/mol. The maximum absolute atomic E-state index is 13.2. The Morgan fingerprint density at radius 1 is 1.13 bits per heavy atom. The fraction of sp³-hybridized carbons (Fsp3) is 0.667. The molecule has 1 saturated carbocycles. The van der Waals surface area contributed by atoms with Crippen LogP contribution in [0.4, 0.5) is 13.2 Å². The van der Waals surface area contributed by atoms with Crippen molar-refractivity contribution in [2.24, 2.45) is 11.7 Å². The van der Waals surface area contributed by atoms with Gasteiger partial charge in [0.1, 0.15) is 0 Å². The molecule has 9 heteroatoms. The summed E-state index contributed by atoms with van der Waals surface area (Å²) >= 11 is 0. The summed E-state index contributed by atoms with van der Waals surface area (Å²) in [6.07, 6.45) is -0.482. The second-order valence-electron chi connectivity index (χ2n) is 9.06. The van der Waals surface area contributed by atoms with Crippen LogP contribution in [0.25, 0.3) is 0 Å². The van der Waals surface area contributed by atoms with Crippen molar-refractivity contribution in [3.8, 4) is 0 Å². The van der Waals surface area contributed by atoms with Crippen molar-refractivity contribution < 1.29 is 26.4 Å². The molecule has 1 amide bonds. The zero-order valence-electron chi connectivity index (χ0n) is 17.3. The van der Waals surface area contributed by atoms with Crippen LogP contribution in [0.5, 0.6) is 0 Å². The lowest BCUT2D eigenvalue weighted by molar-refractivity contribution is -0.138. The van der Waals surface area contributed by atoms with Crippen molar-refractivity contribution >= 4 is 15.7 Å². The number of carbonyl (C=O) groups excluding carboxylic acids is 1. The van der Waals surface area contributed by atoms with Gasteiger partial charge in [0.05, 0.1) is 20.7 Å². The Bertz CT molecular complexity index is 898. The van der Waals surface area contributed by atoms with Crippen molar-refractivity contribution in [2.45, 2.75) is 73.7 Å². The summed E-state index contributed by atoms with van der Waals surface area (Å²) in [6, 6.07) is 3.90. The summed E-state index contributed by atoms with van der Waals surface area (Å²) < 4.78 is 64.3. The fourth-order valence-electron chi connectivity index (χ4n) is 4.68. The maximum Gasteiger partial charge on any atom is 0.416 e. The third kappa shape index (κ3) is 4.10. The van der Waals surface area contributed by atoms with Crippen molar-refractivity contribution in [1.29, 1.82) is 0 Å². The Morgan fingerprint density at radius 2 is 1.70 bits per heavy atom. The highest BCUT2D eigenvalue weighted by atomic mass is 32.2. The van der Waals surface area contributed by atoms with Gasteiger partial charge in [-0.1, -0.05) is 18.9 Å². The van der Waals surface area contributed by atoms with Gasteiger partial charge in [0.2, 0.25) is 5.91 Å². The number of alkyl halides is 3. The molecule has 168 valence electrons. The Hall–Kier alpha value is -1.61. The molecule has 2 fully saturated rings. The first kappa shape index (κ1) is 23.1. The highest BCUT2D eigenvalue weighted by Gasteiger charge is 2.46. The molecule has 5 nitrogen and oxygen atoms in total. The molecule has 0 bridgehead atoms. The van der Waals surface area contributed by atoms with Gasteiger partial charge >= 0.3 is 6.18 Å². The van der Waals surface area contributed by atoms with E-state index in [0.29, 0.717) is 44.8 Å². The number of halogens is 3. The van der Waals surface area contributed by atoms with Crippen LogP contribution in [0, 0.1) is 5.92 Å². The van der Waals surface area contributed by atoms with E-state index < -0.39 is 31.9 Å². The smallest absolute Gasteiger partial charge is 0.341 e. The van der Waals surface area contributed by atoms with Gasteiger partial charge < -0.3 is 10.6 Å². The predicted octanol–water partition coefficient (Wildman–Crippen LogP) is 3.77. The van der Waals surface area contributed by atoms with Gasteiger partial charge in [-0.05, 0) is 63.6 Å². The lowest BCUT2D eigenvalue weighted by Crippen LogP contribution is -2.56. The van der Waals surface area contributed by atoms with Crippen LogP contribution in [0.2, 0.25) is 0 Å². The highest BCUT2D eigenvalue weighted by Crippen LogP contribution is 2.40. The van der Waals surface area contributed by atoms with Gasteiger partial charge in [-0.3, -0.25) is 4.79 Å². The van der Waals surface area contributed by atoms with Gasteiger partial charge in [-0.25, -0.2) is 8.42 Å². The number of hydrogen-bond acceptors (Lipinski definition) is 4. The van der Waals surface area contributed by atoms with Crippen molar-refractivity contribution in [1.82, 2.24) is 4.90 Å². The lowest BCUT2D eigenvalue weighted by Gasteiger charge is -2.42. The van der Waals surface area contributed by atoms with Gasteiger partial charge in [0.15, 0.2) is 9.84 Å². The molecule has 1 aliphatic heterocycles. The van der Waals surface area contributed by atoms with E-state index in [9.17, 15) is 26.4 Å². The summed E-state index contributed by atoms with van der Waals surface area (Å²) in [4.78, 5) is 14.2. The zero-order chi connectivity index (χ0) is 22.4. The molecule has 30 heavy (non-hydrogen) atoms. The van der Waals surface area contributed by atoms with E-state index in [-0.39, 0.29) is 16.7 Å². The minimum Gasteiger partial charge on any atom is -0.341 e. The number of rotatable bonds is 4. The summed E-state index contributed by atoms with van der Waals surface area (Å²) in [6.45, 7) is 3.94. The van der Waals surface area contributed by atoms with E-state index in [1.807, 2.05) is 0 Å². The molecule has 1 heterocycles. The summed E-state index contributed by atoms with van der Waals surface area (Å²) in [5.74, 6) is -0.351. The minimum absolute atomic E-state index is 0.0722. The third-order valence-electron chi connectivity index (χ3n) is 6.85. The molecule has 0 radical (unpaired) electrons. The number of benzene rings is 1. The number of carbonyl (C=O) groups is 1. The quantitative estimate of drug-likeness (QED) is 0.764. The van der Waals surface area contributed by atoms with E-state index >= 15 is 0 Å². The van der Waals surface area contributed by atoms with Crippen molar-refractivity contribution in [3.05, 3.63) is 29.8 Å². The average Bonchev–Trinajstić information content (AvgIpc) is 3.14. The Labute approximate surface area is 175 Å². The van der Waals surface area contributed by atoms with Crippen molar-refractivity contribution in [2.75, 3.05) is 13.1 Å². The number of sulfone groups is 1. The second kappa shape index (κ2) is 7.82. The Morgan fingerprint density at radius 3 is 2.23 bits per heavy atom. The zero-order valence-corrected chi connectivity index (χ0v) is 18.2. The molecular weight excluding hydrogens is 417 g/mol. The number of piperidine rings is 1. The molecule has 1 aromatic rings. The second-order valence-corrected chi connectivity index (χ2v) is 11.6. The molecule has 1 aliphatic carbocycles. The third-order valence-corrected chi connectivity index (χ3v) is 9.44. The number of nitrogens with zero attached hydrogens (tertiary/aromatic N) is 1. The number of amides is 1. The van der Waals surface area contributed by atoms with E-state index in [4.69, 9.17) is 5.73 Å². The number of likely N-dealkylation sites (tertiary alicyclic amines) is 1. The van der Waals surface area contributed by atoms with Crippen LogP contribution in [0.1, 0.15) is 57.9 Å². The van der Waals surface area contributed by atoms with Crippen LogP contribution in [0.15, 0.2) is 29.2 Å². The molecule has 0 atom stereocenters. The first-order chi connectivity index (χ1) is 13.8. The first-order valence-electron chi connectivity index (χ1n) is 10.3. The van der Waals surface area contributed by atoms with Gasteiger partial charge in [0, 0.05) is 13.1 Å². The van der Waals surface area contributed by atoms with E-state index in [1.165, 1.54) is 6.07 Å². The topological polar surface area (TPSA) is 80.5 Å². The summed E-state index contributed by atoms with van der Waals surface area (Å²) in [5, 5.41) is 0. The fourth-order valence-corrected chi connectivity index (χ4v) is 6.50. The molecule has 0 aromatic heterocycles. The van der Waals surface area contributed by atoms with Crippen LogP contribution in [-0.2, 0) is 20.8 Å². The highest BCUT2D eigenvalue weighted by molar-refractivity contribution is 7.92. The van der Waals surface area contributed by atoms with Crippen molar-refractivity contribution in [3.63, 3.8) is 0 Å². The summed E-state index contributed by atoms with van der Waals surface area (Å²) in [5.41, 5.74) is 4.47. The molecule has 2 N–H and O–H groups in total. The molecule has 0 unspecified atom stereocenters. The van der Waals surface area contributed by atoms with E-state index in [1.54, 1.807) is 18.7 Å². The van der Waals surface area contributed by atoms with E-state index in [2.05, 4.69) is 0 Å². The Balaban J connectivity index is 1.75. The standard InChI is InChI=1S/C21H29F3N2O3S/c1-19(2,30(28,29)17-7-5-6-16(14-17)21(22,23)24)15-8-12-26(13-9-15)18(27)20(25)10-3-4-11-20/h5-7,14-15H,3-4,8-13,25H2,1-2H3.